The lowest BCUT2D eigenvalue weighted by Crippen LogP contribution is -2.43. The molecule has 1 fully saturated rings. The van der Waals surface area contributed by atoms with Crippen LogP contribution in [0.1, 0.15) is 26.7 Å². The monoisotopic (exact) mass is 156 g/mol. The number of hydrogen-bond acceptors (Lipinski definition) is 1. The molecule has 0 unspecified atom stereocenters. The predicted octanol–water partition coefficient (Wildman–Crippen LogP) is 1.19. The number of hydrogen-bond donors (Lipinski definition) is 1. The van der Waals surface area contributed by atoms with Gasteiger partial charge in [-0.1, -0.05) is 13.8 Å². The number of piperidine rings is 1. The van der Waals surface area contributed by atoms with Crippen LogP contribution in [-0.2, 0) is 0 Å². The summed E-state index contributed by atoms with van der Waals surface area (Å²) < 4.78 is 0. The molecule has 0 aliphatic carbocycles. The van der Waals surface area contributed by atoms with Crippen molar-refractivity contribution < 1.29 is 4.79 Å². The Kier molecular flexibility index (Phi) is 2.07. The molecular weight excluding hydrogens is 140 g/mol. The van der Waals surface area contributed by atoms with E-state index in [0.29, 0.717) is 5.41 Å². The van der Waals surface area contributed by atoms with E-state index in [9.17, 15) is 4.79 Å². The number of carbonyl (C=O) groups is 1. The zero-order valence-electron chi connectivity index (χ0n) is 7.26. The van der Waals surface area contributed by atoms with Gasteiger partial charge in [0, 0.05) is 13.1 Å². The largest absolute Gasteiger partial charge is 0.351 e. The Morgan fingerprint density at radius 1 is 1.36 bits per heavy atom. The normalized spacial score (nSPS) is 23.3. The molecule has 0 spiro atoms. The summed E-state index contributed by atoms with van der Waals surface area (Å²) in [6, 6.07) is -0.277. The molecule has 0 saturated carbocycles. The fourth-order valence-corrected chi connectivity index (χ4v) is 1.33. The standard InChI is InChI=1S/C8H16N2O/c1-8(2)3-5-10(6-4-8)7(9)11/h3-6H2,1-2H3,(H2,9,11). The van der Waals surface area contributed by atoms with Crippen LogP contribution >= 0.6 is 0 Å². The maximum absolute atomic E-state index is 10.7. The van der Waals surface area contributed by atoms with E-state index in [1.165, 1.54) is 0 Å². The van der Waals surface area contributed by atoms with Crippen molar-refractivity contribution in [3.8, 4) is 0 Å². The van der Waals surface area contributed by atoms with Gasteiger partial charge in [0.25, 0.3) is 0 Å². The summed E-state index contributed by atoms with van der Waals surface area (Å²) in [6.07, 6.45) is 2.13. The van der Waals surface area contributed by atoms with Crippen LogP contribution in [0.2, 0.25) is 0 Å². The molecule has 3 heteroatoms. The summed E-state index contributed by atoms with van der Waals surface area (Å²) in [6.45, 7) is 6.10. The smallest absolute Gasteiger partial charge is 0.314 e. The van der Waals surface area contributed by atoms with Crippen LogP contribution in [0.3, 0.4) is 0 Å². The summed E-state index contributed by atoms with van der Waals surface area (Å²) in [5, 5.41) is 0. The highest BCUT2D eigenvalue weighted by Gasteiger charge is 2.26. The number of urea groups is 1. The first kappa shape index (κ1) is 8.37. The topological polar surface area (TPSA) is 46.3 Å². The minimum Gasteiger partial charge on any atom is -0.351 e. The van der Waals surface area contributed by atoms with Crippen LogP contribution < -0.4 is 5.73 Å². The van der Waals surface area contributed by atoms with Crippen LogP contribution in [0, 0.1) is 5.41 Å². The highest BCUT2D eigenvalue weighted by molar-refractivity contribution is 5.72. The number of carbonyl (C=O) groups excluding carboxylic acids is 1. The highest BCUT2D eigenvalue weighted by atomic mass is 16.2. The molecule has 2 amide bonds. The van der Waals surface area contributed by atoms with Crippen LogP contribution in [0.25, 0.3) is 0 Å². The number of primary amides is 1. The second kappa shape index (κ2) is 2.72. The molecule has 0 aromatic carbocycles. The molecule has 1 heterocycles. The van der Waals surface area contributed by atoms with Crippen molar-refractivity contribution in [1.82, 2.24) is 4.90 Å². The average molecular weight is 156 g/mol. The van der Waals surface area contributed by atoms with E-state index in [1.807, 2.05) is 0 Å². The van der Waals surface area contributed by atoms with Crippen molar-refractivity contribution in [3.05, 3.63) is 0 Å². The van der Waals surface area contributed by atoms with Crippen molar-refractivity contribution in [2.24, 2.45) is 11.1 Å². The van der Waals surface area contributed by atoms with E-state index < -0.39 is 0 Å². The van der Waals surface area contributed by atoms with Gasteiger partial charge in [0.15, 0.2) is 0 Å². The van der Waals surface area contributed by atoms with E-state index in [-0.39, 0.29) is 6.03 Å². The van der Waals surface area contributed by atoms with Gasteiger partial charge >= 0.3 is 6.03 Å². The van der Waals surface area contributed by atoms with Crippen LogP contribution in [0.15, 0.2) is 0 Å². The summed E-state index contributed by atoms with van der Waals surface area (Å²) >= 11 is 0. The molecule has 0 atom stereocenters. The van der Waals surface area contributed by atoms with Gasteiger partial charge in [-0.25, -0.2) is 4.79 Å². The fraction of sp³-hybridized carbons (Fsp3) is 0.875. The first-order chi connectivity index (χ1) is 5.01. The van der Waals surface area contributed by atoms with Crippen molar-refractivity contribution in [1.29, 1.82) is 0 Å². The molecule has 2 N–H and O–H groups in total. The van der Waals surface area contributed by atoms with E-state index >= 15 is 0 Å². The quantitative estimate of drug-likeness (QED) is 0.562. The first-order valence-corrected chi connectivity index (χ1v) is 4.06. The second-order valence-electron chi connectivity index (χ2n) is 3.99. The Balaban J connectivity index is 2.42. The number of rotatable bonds is 0. The van der Waals surface area contributed by atoms with Gasteiger partial charge in [-0.15, -0.1) is 0 Å². The molecule has 0 bridgehead atoms. The van der Waals surface area contributed by atoms with Gasteiger partial charge in [-0.2, -0.15) is 0 Å². The van der Waals surface area contributed by atoms with Crippen molar-refractivity contribution >= 4 is 6.03 Å². The zero-order chi connectivity index (χ0) is 8.48. The van der Waals surface area contributed by atoms with Gasteiger partial charge in [-0.3, -0.25) is 0 Å². The molecular formula is C8H16N2O. The van der Waals surface area contributed by atoms with E-state index in [1.54, 1.807) is 4.90 Å². The number of nitrogens with two attached hydrogens (primary N) is 1. The minimum absolute atomic E-state index is 0.277. The average Bonchev–Trinajstić information content (AvgIpc) is 1.86. The van der Waals surface area contributed by atoms with Crippen molar-refractivity contribution in [3.63, 3.8) is 0 Å². The number of amides is 2. The third-order valence-electron chi connectivity index (χ3n) is 2.43. The summed E-state index contributed by atoms with van der Waals surface area (Å²) in [4.78, 5) is 12.4. The van der Waals surface area contributed by atoms with Crippen molar-refractivity contribution in [2.75, 3.05) is 13.1 Å². The van der Waals surface area contributed by atoms with Gasteiger partial charge in [0.2, 0.25) is 0 Å². The van der Waals surface area contributed by atoms with Crippen LogP contribution in [0.5, 0.6) is 0 Å². The third-order valence-corrected chi connectivity index (χ3v) is 2.43. The Bertz CT molecular complexity index is 155. The lowest BCUT2D eigenvalue weighted by atomic mass is 9.83. The highest BCUT2D eigenvalue weighted by Crippen LogP contribution is 2.29. The second-order valence-corrected chi connectivity index (χ2v) is 3.99. The first-order valence-electron chi connectivity index (χ1n) is 4.06. The molecule has 0 radical (unpaired) electrons. The Labute approximate surface area is 67.5 Å². The number of nitrogens with zero attached hydrogens (tertiary/aromatic N) is 1. The Morgan fingerprint density at radius 3 is 2.18 bits per heavy atom. The lowest BCUT2D eigenvalue weighted by molar-refractivity contribution is 0.146. The maximum atomic E-state index is 10.7. The molecule has 64 valence electrons. The summed E-state index contributed by atoms with van der Waals surface area (Å²) in [5.41, 5.74) is 5.54. The zero-order valence-corrected chi connectivity index (χ0v) is 7.26. The summed E-state index contributed by atoms with van der Waals surface area (Å²) in [7, 11) is 0. The molecule has 1 rings (SSSR count). The van der Waals surface area contributed by atoms with Gasteiger partial charge < -0.3 is 10.6 Å². The molecule has 0 aromatic heterocycles. The molecule has 1 aliphatic rings. The molecule has 0 aromatic rings. The van der Waals surface area contributed by atoms with Crippen molar-refractivity contribution in [2.45, 2.75) is 26.7 Å². The molecule has 11 heavy (non-hydrogen) atoms. The van der Waals surface area contributed by atoms with E-state index in [4.69, 9.17) is 5.73 Å². The van der Waals surface area contributed by atoms with Gasteiger partial charge in [0.1, 0.15) is 0 Å². The van der Waals surface area contributed by atoms with E-state index in [0.717, 1.165) is 25.9 Å². The predicted molar refractivity (Wildman–Crippen MR) is 44.2 cm³/mol. The Hall–Kier alpha value is -0.730. The van der Waals surface area contributed by atoms with Gasteiger partial charge in [-0.05, 0) is 18.3 Å². The fourth-order valence-electron chi connectivity index (χ4n) is 1.33. The maximum Gasteiger partial charge on any atom is 0.314 e. The Morgan fingerprint density at radius 2 is 1.82 bits per heavy atom. The van der Waals surface area contributed by atoms with Crippen LogP contribution in [-0.4, -0.2) is 24.0 Å². The third kappa shape index (κ3) is 2.10. The van der Waals surface area contributed by atoms with Crippen LogP contribution in [0.4, 0.5) is 4.79 Å². The SMILES string of the molecule is CC1(C)CCN(C(N)=O)CC1. The lowest BCUT2D eigenvalue weighted by Gasteiger charge is -2.35. The minimum atomic E-state index is -0.277. The molecule has 1 saturated heterocycles. The summed E-state index contributed by atoms with van der Waals surface area (Å²) in [5.74, 6) is 0. The van der Waals surface area contributed by atoms with Gasteiger partial charge in [0.05, 0.1) is 0 Å². The molecule has 1 aliphatic heterocycles. The number of likely N-dealkylation sites (tertiary alicyclic amines) is 1. The molecule has 3 nitrogen and oxygen atoms in total. The van der Waals surface area contributed by atoms with E-state index in [2.05, 4.69) is 13.8 Å².